The van der Waals surface area contributed by atoms with Crippen molar-refractivity contribution >= 4 is 0 Å². The predicted molar refractivity (Wildman–Crippen MR) is 66.0 cm³/mol. The molecule has 0 saturated heterocycles. The first-order valence-electron chi connectivity index (χ1n) is 6.48. The molecule has 0 amide bonds. The highest BCUT2D eigenvalue weighted by molar-refractivity contribution is 5.18. The number of aliphatic hydroxyl groups is 1. The van der Waals surface area contributed by atoms with Crippen molar-refractivity contribution in [2.75, 3.05) is 6.54 Å². The lowest BCUT2D eigenvalue weighted by Gasteiger charge is -2.25. The first-order chi connectivity index (χ1) is 8.65. The zero-order chi connectivity index (χ0) is 13.0. The van der Waals surface area contributed by atoms with Crippen molar-refractivity contribution < 1.29 is 13.9 Å². The predicted octanol–water partition coefficient (Wildman–Crippen LogP) is 2.61. The molecule has 1 aromatic carbocycles. The van der Waals surface area contributed by atoms with E-state index in [1.807, 2.05) is 0 Å². The van der Waals surface area contributed by atoms with Gasteiger partial charge in [0.05, 0.1) is 6.10 Å². The van der Waals surface area contributed by atoms with Gasteiger partial charge in [-0.3, -0.25) is 0 Å². The van der Waals surface area contributed by atoms with Crippen LogP contribution in [0.25, 0.3) is 0 Å². The summed E-state index contributed by atoms with van der Waals surface area (Å²) in [5.41, 5.74) is 0.367. The molecule has 0 radical (unpaired) electrons. The molecule has 1 aliphatic carbocycles. The van der Waals surface area contributed by atoms with Crippen molar-refractivity contribution in [1.82, 2.24) is 5.32 Å². The van der Waals surface area contributed by atoms with E-state index in [4.69, 9.17) is 0 Å². The smallest absolute Gasteiger partial charge is 0.127 e. The third-order valence-corrected chi connectivity index (χ3v) is 3.57. The van der Waals surface area contributed by atoms with E-state index in [1.165, 1.54) is 6.07 Å². The topological polar surface area (TPSA) is 32.3 Å². The summed E-state index contributed by atoms with van der Waals surface area (Å²) in [6, 6.07) is 3.51. The highest BCUT2D eigenvalue weighted by Gasteiger charge is 2.18. The molecular formula is C14H19F2NO. The minimum atomic E-state index is -0.408. The summed E-state index contributed by atoms with van der Waals surface area (Å²) in [4.78, 5) is 0. The molecule has 4 heteroatoms. The Hall–Kier alpha value is -1.00. The van der Waals surface area contributed by atoms with Crippen molar-refractivity contribution in [3.63, 3.8) is 0 Å². The molecule has 2 rings (SSSR count). The Morgan fingerprint density at radius 3 is 2.61 bits per heavy atom. The van der Waals surface area contributed by atoms with E-state index in [0.717, 1.165) is 44.4 Å². The van der Waals surface area contributed by atoms with E-state index in [2.05, 4.69) is 5.32 Å². The van der Waals surface area contributed by atoms with Crippen LogP contribution in [0.1, 0.15) is 31.2 Å². The van der Waals surface area contributed by atoms with Gasteiger partial charge in [0.25, 0.3) is 0 Å². The van der Waals surface area contributed by atoms with E-state index < -0.39 is 5.82 Å². The number of benzene rings is 1. The molecule has 0 unspecified atom stereocenters. The van der Waals surface area contributed by atoms with Crippen LogP contribution in [0.4, 0.5) is 8.78 Å². The van der Waals surface area contributed by atoms with Crippen LogP contribution in [-0.4, -0.2) is 17.8 Å². The van der Waals surface area contributed by atoms with Gasteiger partial charge in [-0.05, 0) is 56.3 Å². The number of hydrogen-bond acceptors (Lipinski definition) is 2. The van der Waals surface area contributed by atoms with Crippen LogP contribution in [-0.2, 0) is 6.54 Å². The summed E-state index contributed by atoms with van der Waals surface area (Å²) in [7, 11) is 0. The molecule has 1 fully saturated rings. The fourth-order valence-electron chi connectivity index (χ4n) is 2.44. The summed E-state index contributed by atoms with van der Waals surface area (Å²) in [6.07, 6.45) is 3.54. The second-order valence-corrected chi connectivity index (χ2v) is 5.04. The Morgan fingerprint density at radius 1 is 1.17 bits per heavy atom. The van der Waals surface area contributed by atoms with Crippen LogP contribution < -0.4 is 5.32 Å². The first-order valence-corrected chi connectivity index (χ1v) is 6.48. The van der Waals surface area contributed by atoms with Gasteiger partial charge < -0.3 is 10.4 Å². The fraction of sp³-hybridized carbons (Fsp3) is 0.571. The molecule has 0 spiro atoms. The van der Waals surface area contributed by atoms with Crippen molar-refractivity contribution in [3.8, 4) is 0 Å². The molecule has 0 heterocycles. The van der Waals surface area contributed by atoms with Gasteiger partial charge in [-0.25, -0.2) is 8.78 Å². The Balaban J connectivity index is 1.76. The van der Waals surface area contributed by atoms with Crippen LogP contribution in [0.3, 0.4) is 0 Å². The average molecular weight is 255 g/mol. The average Bonchev–Trinajstić information content (AvgIpc) is 2.36. The third-order valence-electron chi connectivity index (χ3n) is 3.57. The van der Waals surface area contributed by atoms with Gasteiger partial charge in [0.2, 0.25) is 0 Å². The molecule has 18 heavy (non-hydrogen) atoms. The van der Waals surface area contributed by atoms with E-state index >= 15 is 0 Å². The zero-order valence-electron chi connectivity index (χ0n) is 10.3. The Kier molecular flexibility index (Phi) is 4.66. The molecule has 0 aliphatic heterocycles. The van der Waals surface area contributed by atoms with Gasteiger partial charge in [0.15, 0.2) is 0 Å². The monoisotopic (exact) mass is 255 g/mol. The third kappa shape index (κ3) is 3.75. The molecule has 0 aromatic heterocycles. The number of halogens is 2. The summed E-state index contributed by atoms with van der Waals surface area (Å²) < 4.78 is 26.3. The molecule has 1 saturated carbocycles. The Labute approximate surface area is 106 Å². The van der Waals surface area contributed by atoms with Gasteiger partial charge in [-0.1, -0.05) is 0 Å². The van der Waals surface area contributed by atoms with Crippen LogP contribution in [0.5, 0.6) is 0 Å². The maximum Gasteiger partial charge on any atom is 0.127 e. The number of hydrogen-bond donors (Lipinski definition) is 2. The largest absolute Gasteiger partial charge is 0.393 e. The van der Waals surface area contributed by atoms with Gasteiger partial charge >= 0.3 is 0 Å². The highest BCUT2D eigenvalue weighted by atomic mass is 19.1. The quantitative estimate of drug-likeness (QED) is 0.866. The van der Waals surface area contributed by atoms with E-state index in [-0.39, 0.29) is 11.9 Å². The molecule has 2 N–H and O–H groups in total. The Morgan fingerprint density at radius 2 is 1.89 bits per heavy atom. The number of nitrogens with one attached hydrogen (secondary N) is 1. The molecule has 100 valence electrons. The lowest BCUT2D eigenvalue weighted by molar-refractivity contribution is 0.108. The van der Waals surface area contributed by atoms with Gasteiger partial charge in [-0.15, -0.1) is 0 Å². The number of aliphatic hydroxyl groups excluding tert-OH is 1. The van der Waals surface area contributed by atoms with Crippen LogP contribution >= 0.6 is 0 Å². The molecule has 0 bridgehead atoms. The fourth-order valence-corrected chi connectivity index (χ4v) is 2.44. The molecule has 1 aromatic rings. The minimum Gasteiger partial charge on any atom is -0.393 e. The normalized spacial score (nSPS) is 24.2. The molecule has 0 atom stereocenters. The van der Waals surface area contributed by atoms with Crippen molar-refractivity contribution in [3.05, 3.63) is 35.4 Å². The lowest BCUT2D eigenvalue weighted by atomic mass is 9.87. The van der Waals surface area contributed by atoms with Crippen molar-refractivity contribution in [2.24, 2.45) is 5.92 Å². The molecular weight excluding hydrogens is 236 g/mol. The SMILES string of the molecule is OC1CCC(CNCc2cc(F)ccc2F)CC1. The van der Waals surface area contributed by atoms with E-state index in [9.17, 15) is 13.9 Å². The lowest BCUT2D eigenvalue weighted by Crippen LogP contribution is -2.28. The molecule has 2 nitrogen and oxygen atoms in total. The first kappa shape index (κ1) is 13.4. The Bertz CT molecular complexity index is 389. The van der Waals surface area contributed by atoms with E-state index in [0.29, 0.717) is 18.0 Å². The van der Waals surface area contributed by atoms with Crippen LogP contribution in [0.15, 0.2) is 18.2 Å². The van der Waals surface area contributed by atoms with Gasteiger partial charge in [-0.2, -0.15) is 0 Å². The second-order valence-electron chi connectivity index (χ2n) is 5.04. The van der Waals surface area contributed by atoms with Gasteiger partial charge in [0.1, 0.15) is 11.6 Å². The highest BCUT2D eigenvalue weighted by Crippen LogP contribution is 2.23. The minimum absolute atomic E-state index is 0.151. The van der Waals surface area contributed by atoms with Crippen LogP contribution in [0, 0.1) is 17.6 Å². The van der Waals surface area contributed by atoms with E-state index in [1.54, 1.807) is 0 Å². The van der Waals surface area contributed by atoms with Crippen molar-refractivity contribution in [1.29, 1.82) is 0 Å². The molecule has 1 aliphatic rings. The summed E-state index contributed by atoms with van der Waals surface area (Å²) in [5, 5.41) is 12.6. The van der Waals surface area contributed by atoms with Gasteiger partial charge in [0, 0.05) is 12.1 Å². The standard InChI is InChI=1S/C14H19F2NO/c15-12-3-6-14(16)11(7-12)9-17-8-10-1-4-13(18)5-2-10/h3,6-7,10,13,17-18H,1-2,4-5,8-9H2. The van der Waals surface area contributed by atoms with Crippen molar-refractivity contribution in [2.45, 2.75) is 38.3 Å². The second kappa shape index (κ2) is 6.25. The zero-order valence-corrected chi connectivity index (χ0v) is 10.3. The summed E-state index contributed by atoms with van der Waals surface area (Å²) in [6.45, 7) is 1.14. The summed E-state index contributed by atoms with van der Waals surface area (Å²) in [5.74, 6) is -0.248. The summed E-state index contributed by atoms with van der Waals surface area (Å²) >= 11 is 0. The number of rotatable bonds is 4. The van der Waals surface area contributed by atoms with Crippen LogP contribution in [0.2, 0.25) is 0 Å². The maximum atomic E-state index is 13.3. The maximum absolute atomic E-state index is 13.3.